The van der Waals surface area contributed by atoms with Crippen LogP contribution in [0.1, 0.15) is 54.4 Å². The van der Waals surface area contributed by atoms with Crippen LogP contribution in [0.2, 0.25) is 0 Å². The molecular weight excluding hydrogens is 354 g/mol. The molecule has 0 saturated heterocycles. The minimum absolute atomic E-state index is 0.0441. The lowest BCUT2D eigenvalue weighted by atomic mass is 10.2. The summed E-state index contributed by atoms with van der Waals surface area (Å²) in [6, 6.07) is 13.0. The Hall–Kier alpha value is -2.69. The molecule has 0 heterocycles. The van der Waals surface area contributed by atoms with Gasteiger partial charge in [0.05, 0.1) is 24.5 Å². The number of rotatable bonds is 9. The summed E-state index contributed by atoms with van der Waals surface area (Å²) in [6.45, 7) is 3.19. The van der Waals surface area contributed by atoms with Gasteiger partial charge in [-0.15, -0.1) is 0 Å². The van der Waals surface area contributed by atoms with Crippen molar-refractivity contribution in [3.05, 3.63) is 53.6 Å². The quantitative estimate of drug-likeness (QED) is 0.378. The zero-order valence-corrected chi connectivity index (χ0v) is 16.5. The summed E-state index contributed by atoms with van der Waals surface area (Å²) in [5.74, 6) is 1.14. The second-order valence-corrected chi connectivity index (χ2v) is 7.23. The van der Waals surface area contributed by atoms with E-state index in [4.69, 9.17) is 19.9 Å². The molecule has 5 nitrogen and oxygen atoms in total. The van der Waals surface area contributed by atoms with Crippen LogP contribution < -0.4 is 15.2 Å². The molecular formula is C23H29NO4. The molecule has 5 heteroatoms. The number of unbranched alkanes of at least 4 members (excludes halogenated alkanes) is 1. The Morgan fingerprint density at radius 3 is 2.39 bits per heavy atom. The number of aryl methyl sites for hydroxylation is 1. The van der Waals surface area contributed by atoms with Crippen molar-refractivity contribution in [1.82, 2.24) is 0 Å². The van der Waals surface area contributed by atoms with Crippen molar-refractivity contribution in [1.29, 1.82) is 0 Å². The summed E-state index contributed by atoms with van der Waals surface area (Å²) in [7, 11) is 0. The average Bonchev–Trinajstić information content (AvgIpc) is 3.20. The second kappa shape index (κ2) is 10.0. The number of anilines is 1. The smallest absolute Gasteiger partial charge is 0.338 e. The molecule has 0 unspecified atom stereocenters. The number of nitrogen functional groups attached to an aromatic ring is 1. The van der Waals surface area contributed by atoms with E-state index in [1.165, 1.54) is 0 Å². The molecule has 0 aromatic heterocycles. The standard InChI is InChI=1S/C23H29NO4/c1-17-8-2-5-11-21(17)26-14-6-7-15-27-22-16-18(12-13-20(22)24)23(25)28-19-9-3-4-10-19/h2,5,8,11-13,16,19H,3-4,6-7,9-10,14-15,24H2,1H3. The molecule has 0 bridgehead atoms. The molecule has 1 aliphatic rings. The Labute approximate surface area is 166 Å². The van der Waals surface area contributed by atoms with E-state index in [-0.39, 0.29) is 12.1 Å². The Balaban J connectivity index is 1.42. The highest BCUT2D eigenvalue weighted by molar-refractivity contribution is 5.90. The number of benzene rings is 2. The highest BCUT2D eigenvalue weighted by Gasteiger charge is 2.20. The van der Waals surface area contributed by atoms with E-state index in [0.717, 1.165) is 49.8 Å². The molecule has 1 saturated carbocycles. The van der Waals surface area contributed by atoms with Crippen molar-refractivity contribution < 1.29 is 19.0 Å². The first-order valence-corrected chi connectivity index (χ1v) is 10.1. The first-order chi connectivity index (χ1) is 13.6. The molecule has 3 rings (SSSR count). The van der Waals surface area contributed by atoms with Crippen molar-refractivity contribution in [2.24, 2.45) is 0 Å². The van der Waals surface area contributed by atoms with E-state index in [1.807, 2.05) is 31.2 Å². The first kappa shape index (κ1) is 20.1. The third kappa shape index (κ3) is 5.65. The third-order valence-electron chi connectivity index (χ3n) is 4.97. The molecule has 28 heavy (non-hydrogen) atoms. The van der Waals surface area contributed by atoms with Crippen LogP contribution in [-0.4, -0.2) is 25.3 Å². The molecule has 1 aliphatic carbocycles. The molecule has 0 aliphatic heterocycles. The van der Waals surface area contributed by atoms with E-state index in [1.54, 1.807) is 18.2 Å². The number of hydrogen-bond acceptors (Lipinski definition) is 5. The predicted molar refractivity (Wildman–Crippen MR) is 110 cm³/mol. The summed E-state index contributed by atoms with van der Waals surface area (Å²) in [5, 5.41) is 0. The van der Waals surface area contributed by atoms with Crippen molar-refractivity contribution in [2.45, 2.75) is 51.6 Å². The highest BCUT2D eigenvalue weighted by atomic mass is 16.5. The average molecular weight is 383 g/mol. The van der Waals surface area contributed by atoms with Gasteiger partial charge in [0.15, 0.2) is 0 Å². The van der Waals surface area contributed by atoms with Gasteiger partial charge in [0.2, 0.25) is 0 Å². The largest absolute Gasteiger partial charge is 0.493 e. The van der Waals surface area contributed by atoms with Crippen LogP contribution in [0.5, 0.6) is 11.5 Å². The Bertz CT molecular complexity index is 784. The SMILES string of the molecule is Cc1ccccc1OCCCCOc1cc(C(=O)OC2CCCC2)ccc1N. The summed E-state index contributed by atoms with van der Waals surface area (Å²) in [6.07, 6.45) is 5.91. The number of esters is 1. The van der Waals surface area contributed by atoms with Gasteiger partial charge in [-0.3, -0.25) is 0 Å². The number of nitrogens with two attached hydrogens (primary N) is 1. The van der Waals surface area contributed by atoms with Gasteiger partial charge >= 0.3 is 5.97 Å². The molecule has 0 atom stereocenters. The minimum Gasteiger partial charge on any atom is -0.493 e. The predicted octanol–water partition coefficient (Wildman–Crippen LogP) is 4.91. The maximum atomic E-state index is 12.3. The van der Waals surface area contributed by atoms with Crippen molar-refractivity contribution in [3.8, 4) is 11.5 Å². The highest BCUT2D eigenvalue weighted by Crippen LogP contribution is 2.26. The van der Waals surface area contributed by atoms with Crippen LogP contribution in [0.25, 0.3) is 0 Å². The van der Waals surface area contributed by atoms with Gasteiger partial charge in [0.1, 0.15) is 17.6 Å². The van der Waals surface area contributed by atoms with E-state index in [2.05, 4.69) is 0 Å². The maximum Gasteiger partial charge on any atom is 0.338 e. The van der Waals surface area contributed by atoms with Gasteiger partial charge in [-0.1, -0.05) is 18.2 Å². The molecule has 150 valence electrons. The second-order valence-electron chi connectivity index (χ2n) is 7.23. The zero-order valence-electron chi connectivity index (χ0n) is 16.5. The fraction of sp³-hybridized carbons (Fsp3) is 0.435. The zero-order chi connectivity index (χ0) is 19.8. The topological polar surface area (TPSA) is 70.8 Å². The minimum atomic E-state index is -0.302. The fourth-order valence-electron chi connectivity index (χ4n) is 3.30. The number of ether oxygens (including phenoxy) is 3. The fourth-order valence-corrected chi connectivity index (χ4v) is 3.30. The Kier molecular flexibility index (Phi) is 7.18. The van der Waals surface area contributed by atoms with E-state index in [9.17, 15) is 4.79 Å². The van der Waals surface area contributed by atoms with Crippen LogP contribution in [0.3, 0.4) is 0 Å². The number of hydrogen-bond donors (Lipinski definition) is 1. The van der Waals surface area contributed by atoms with Crippen LogP contribution in [-0.2, 0) is 4.74 Å². The van der Waals surface area contributed by atoms with Gasteiger partial charge < -0.3 is 19.9 Å². The molecule has 1 fully saturated rings. The van der Waals surface area contributed by atoms with Crippen molar-refractivity contribution in [2.75, 3.05) is 18.9 Å². The lowest BCUT2D eigenvalue weighted by Crippen LogP contribution is -2.15. The molecule has 0 radical (unpaired) electrons. The summed E-state index contributed by atoms with van der Waals surface area (Å²) < 4.78 is 17.1. The van der Waals surface area contributed by atoms with E-state index >= 15 is 0 Å². The van der Waals surface area contributed by atoms with Crippen molar-refractivity contribution >= 4 is 11.7 Å². The van der Waals surface area contributed by atoms with Gasteiger partial charge in [0, 0.05) is 0 Å². The van der Waals surface area contributed by atoms with E-state index < -0.39 is 0 Å². The van der Waals surface area contributed by atoms with E-state index in [0.29, 0.717) is 30.2 Å². The summed E-state index contributed by atoms with van der Waals surface area (Å²) in [4.78, 5) is 12.3. The summed E-state index contributed by atoms with van der Waals surface area (Å²) >= 11 is 0. The van der Waals surface area contributed by atoms with Gasteiger partial charge in [-0.25, -0.2) is 4.79 Å². The molecule has 2 aromatic carbocycles. The molecule has 0 amide bonds. The maximum absolute atomic E-state index is 12.3. The lowest BCUT2D eigenvalue weighted by Gasteiger charge is -2.13. The number of carbonyl (C=O) groups is 1. The van der Waals surface area contributed by atoms with Gasteiger partial charge in [0.25, 0.3) is 0 Å². The van der Waals surface area contributed by atoms with Crippen LogP contribution in [0, 0.1) is 6.92 Å². The first-order valence-electron chi connectivity index (χ1n) is 10.1. The lowest BCUT2D eigenvalue weighted by molar-refractivity contribution is 0.0317. The van der Waals surface area contributed by atoms with Gasteiger partial charge in [-0.05, 0) is 75.3 Å². The summed E-state index contributed by atoms with van der Waals surface area (Å²) in [5.41, 5.74) is 8.12. The Morgan fingerprint density at radius 1 is 1.00 bits per heavy atom. The molecule has 2 aromatic rings. The number of para-hydroxylation sites is 1. The normalized spacial score (nSPS) is 14.0. The van der Waals surface area contributed by atoms with Crippen LogP contribution in [0.4, 0.5) is 5.69 Å². The Morgan fingerprint density at radius 2 is 1.68 bits per heavy atom. The molecule has 0 spiro atoms. The van der Waals surface area contributed by atoms with Gasteiger partial charge in [-0.2, -0.15) is 0 Å². The monoisotopic (exact) mass is 383 g/mol. The third-order valence-corrected chi connectivity index (χ3v) is 4.97. The van der Waals surface area contributed by atoms with Crippen LogP contribution >= 0.6 is 0 Å². The van der Waals surface area contributed by atoms with Crippen molar-refractivity contribution in [3.63, 3.8) is 0 Å². The molecule has 2 N–H and O–H groups in total. The van der Waals surface area contributed by atoms with Crippen LogP contribution in [0.15, 0.2) is 42.5 Å². The number of carbonyl (C=O) groups excluding carboxylic acids is 1.